The third kappa shape index (κ3) is 9.47. The van der Waals surface area contributed by atoms with Gasteiger partial charge in [0.2, 0.25) is 11.9 Å². The molecule has 0 saturated carbocycles. The Kier molecular flexibility index (Phi) is 11.5. The average molecular weight is 784 g/mol. The molecular weight excluding hydrogens is 747 g/mol. The van der Waals surface area contributed by atoms with Crippen LogP contribution in [0.2, 0.25) is 0 Å². The number of ether oxygens (including phenoxy) is 2. The van der Waals surface area contributed by atoms with E-state index in [1.807, 2.05) is 0 Å². The van der Waals surface area contributed by atoms with Gasteiger partial charge >= 0.3 is 23.5 Å². The van der Waals surface area contributed by atoms with Crippen molar-refractivity contribution in [3.63, 3.8) is 0 Å². The van der Waals surface area contributed by atoms with Crippen molar-refractivity contribution in [2.24, 2.45) is 0 Å². The fourth-order valence-corrected chi connectivity index (χ4v) is 8.88. The van der Waals surface area contributed by atoms with E-state index >= 15 is 0 Å². The number of aromatic amines is 2. The van der Waals surface area contributed by atoms with Crippen LogP contribution < -0.4 is 32.8 Å². The molecule has 3 aromatic rings. The maximum absolute atomic E-state index is 12.6. The molecule has 2 saturated heterocycles. The predicted octanol–water partition coefficient (Wildman–Crippen LogP) is -0.239. The Morgan fingerprint density at radius 2 is 1.63 bits per heavy atom. The zero-order valence-electron chi connectivity index (χ0n) is 26.9. The summed E-state index contributed by atoms with van der Waals surface area (Å²) >= 11 is 0. The lowest BCUT2D eigenvalue weighted by Crippen LogP contribution is -2.53. The summed E-state index contributed by atoms with van der Waals surface area (Å²) in [7, 11) is -13.4. The van der Waals surface area contributed by atoms with Gasteiger partial charge in [-0.05, 0) is 19.9 Å². The van der Waals surface area contributed by atoms with Crippen molar-refractivity contribution in [1.82, 2.24) is 34.4 Å². The summed E-state index contributed by atoms with van der Waals surface area (Å²) < 4.78 is 68.8. The molecule has 2 aliphatic heterocycles. The van der Waals surface area contributed by atoms with Gasteiger partial charge in [-0.25, -0.2) is 18.7 Å². The Morgan fingerprint density at radius 3 is 2.27 bits per heavy atom. The first kappa shape index (κ1) is 38.7. The molecule has 0 amide bonds. The standard InChI is InChI=1S/C23H36N11O14P3/c1-4-33(18-16(26-2)20(35)30-22(24)28-18)15-8-32(3)7-13(46-15)10-44-50(39,40)48-51(41,42)47-49(37,38)43-9-12-5-6-14(45-12)34-11-27-17-19(34)29-23(25)31-21(17)36/h4,11-15,26H,1,5-10H2,2-3H3,(H,37,38)(H,39,40)(H,41,42)(H3,24,28,30,35)(H3,25,29,31,36)/t12?,13-,14?,15?/m0/s1. The number of hydrogen-bond donors (Lipinski definition) is 8. The maximum Gasteiger partial charge on any atom is 0.490 e. The molecule has 2 aliphatic rings. The van der Waals surface area contributed by atoms with Gasteiger partial charge in [0.1, 0.15) is 18.1 Å². The fourth-order valence-electron chi connectivity index (χ4n) is 5.32. The third-order valence-electron chi connectivity index (χ3n) is 7.36. The molecular formula is C23H36N11O14P3. The summed E-state index contributed by atoms with van der Waals surface area (Å²) in [6.07, 6.45) is -0.155. The van der Waals surface area contributed by atoms with Crippen LogP contribution in [0.15, 0.2) is 28.7 Å². The van der Waals surface area contributed by atoms with Gasteiger partial charge in [-0.2, -0.15) is 18.6 Å². The van der Waals surface area contributed by atoms with E-state index in [9.17, 15) is 38.0 Å². The first-order chi connectivity index (χ1) is 23.9. The second-order valence-corrected chi connectivity index (χ2v) is 15.8. The molecule has 5 rings (SSSR count). The molecule has 28 heteroatoms. The van der Waals surface area contributed by atoms with E-state index in [4.69, 9.17) is 30.0 Å². The molecule has 25 nitrogen and oxygen atoms in total. The molecule has 0 spiro atoms. The zero-order chi connectivity index (χ0) is 37.3. The molecule has 0 bridgehead atoms. The molecule has 0 aromatic carbocycles. The molecule has 10 N–H and O–H groups in total. The van der Waals surface area contributed by atoms with Gasteiger partial charge in [-0.3, -0.25) is 38.1 Å². The molecule has 282 valence electrons. The largest absolute Gasteiger partial charge is 0.490 e. The van der Waals surface area contributed by atoms with Crippen molar-refractivity contribution < 1.29 is 55.5 Å². The van der Waals surface area contributed by atoms with Crippen LogP contribution in [0, 0.1) is 0 Å². The van der Waals surface area contributed by atoms with Crippen molar-refractivity contribution >= 4 is 58.0 Å². The highest BCUT2D eigenvalue weighted by Gasteiger charge is 2.44. The number of morpholine rings is 1. The van der Waals surface area contributed by atoms with Crippen LogP contribution in [0.5, 0.6) is 0 Å². The molecule has 3 aromatic heterocycles. The highest BCUT2D eigenvalue weighted by atomic mass is 31.3. The Labute approximate surface area is 287 Å². The van der Waals surface area contributed by atoms with Gasteiger partial charge in [0.05, 0.1) is 31.7 Å². The van der Waals surface area contributed by atoms with E-state index in [0.29, 0.717) is 6.42 Å². The number of aromatic nitrogens is 6. The van der Waals surface area contributed by atoms with Crippen molar-refractivity contribution in [1.29, 1.82) is 0 Å². The topological polar surface area (TPSA) is 347 Å². The molecule has 0 radical (unpaired) electrons. The summed E-state index contributed by atoms with van der Waals surface area (Å²) in [6.45, 7) is 2.81. The van der Waals surface area contributed by atoms with E-state index in [0.717, 1.165) is 0 Å². The van der Waals surface area contributed by atoms with Crippen molar-refractivity contribution in [3.8, 4) is 0 Å². The minimum atomic E-state index is -5.77. The number of fused-ring (bicyclic) bond motifs is 1. The van der Waals surface area contributed by atoms with Crippen LogP contribution in [0.4, 0.5) is 23.4 Å². The molecule has 5 heterocycles. The van der Waals surface area contributed by atoms with E-state index < -0.39 is 72.5 Å². The quantitative estimate of drug-likeness (QED) is 0.0922. The fraction of sp³-hybridized carbons (Fsp3) is 0.522. The van der Waals surface area contributed by atoms with Gasteiger partial charge in [-0.1, -0.05) is 6.58 Å². The van der Waals surface area contributed by atoms with Crippen molar-refractivity contribution in [3.05, 3.63) is 39.8 Å². The lowest BCUT2D eigenvalue weighted by atomic mass is 10.2. The Balaban J connectivity index is 1.13. The molecule has 0 aliphatic carbocycles. The monoisotopic (exact) mass is 783 g/mol. The molecule has 6 unspecified atom stereocenters. The molecule has 7 atom stereocenters. The van der Waals surface area contributed by atoms with Gasteiger partial charge < -0.3 is 45.8 Å². The van der Waals surface area contributed by atoms with Gasteiger partial charge in [-0.15, -0.1) is 0 Å². The van der Waals surface area contributed by atoms with E-state index in [1.54, 1.807) is 11.9 Å². The van der Waals surface area contributed by atoms with Gasteiger partial charge in [0.25, 0.3) is 11.1 Å². The lowest BCUT2D eigenvalue weighted by Gasteiger charge is -2.40. The number of nitrogens with zero attached hydrogens (tertiary/aromatic N) is 6. The van der Waals surface area contributed by atoms with E-state index in [-0.39, 0.29) is 54.1 Å². The van der Waals surface area contributed by atoms with E-state index in [1.165, 1.54) is 29.0 Å². The number of rotatable bonds is 15. The highest BCUT2D eigenvalue weighted by molar-refractivity contribution is 7.66. The second-order valence-electron chi connectivity index (χ2n) is 11.1. The summed E-state index contributed by atoms with van der Waals surface area (Å²) in [5.41, 5.74) is 10.4. The number of imidazole rings is 1. The van der Waals surface area contributed by atoms with Gasteiger partial charge in [0, 0.05) is 26.3 Å². The van der Waals surface area contributed by atoms with Crippen LogP contribution in [0.25, 0.3) is 11.2 Å². The maximum atomic E-state index is 12.6. The lowest BCUT2D eigenvalue weighted by molar-refractivity contribution is -0.0925. The number of phosphoric ester groups is 2. The number of H-pyrrole nitrogens is 2. The molecule has 51 heavy (non-hydrogen) atoms. The number of hydrogen-bond acceptors (Lipinski definition) is 19. The van der Waals surface area contributed by atoms with Crippen LogP contribution in [0.1, 0.15) is 19.1 Å². The average Bonchev–Trinajstić information content (AvgIpc) is 3.65. The van der Waals surface area contributed by atoms with Crippen LogP contribution >= 0.6 is 23.5 Å². The zero-order valence-corrected chi connectivity index (χ0v) is 29.6. The summed E-state index contributed by atoms with van der Waals surface area (Å²) in [6, 6.07) is 0. The SMILES string of the molecule is C=CN(c1nc(N)[nH]c(=O)c1NC)C1CN(C)C[C@@H](COP(=O)(O)OP(=O)(O)OP(=O)(O)OCC2CCC(n3cnc4c(=O)[nH]c(N)nc43)O2)O1. The summed E-state index contributed by atoms with van der Waals surface area (Å²) in [5, 5.41) is 2.72. The number of nitrogens with one attached hydrogen (secondary N) is 3. The van der Waals surface area contributed by atoms with Crippen molar-refractivity contribution in [2.45, 2.75) is 37.5 Å². The number of phosphoric acid groups is 3. The molecule has 2 fully saturated rings. The first-order valence-electron chi connectivity index (χ1n) is 14.8. The van der Waals surface area contributed by atoms with E-state index in [2.05, 4.69) is 45.4 Å². The highest BCUT2D eigenvalue weighted by Crippen LogP contribution is 2.67. The normalized spacial score (nSPS) is 24.8. The second kappa shape index (κ2) is 15.2. The number of nitrogens with two attached hydrogens (primary N) is 2. The first-order valence-corrected chi connectivity index (χ1v) is 19.3. The minimum absolute atomic E-state index is 0.0143. The van der Waals surface area contributed by atoms with Crippen molar-refractivity contribution in [2.75, 3.05) is 62.1 Å². The van der Waals surface area contributed by atoms with Gasteiger partial charge in [0.15, 0.2) is 17.0 Å². The predicted molar refractivity (Wildman–Crippen MR) is 177 cm³/mol. The van der Waals surface area contributed by atoms with Crippen LogP contribution in [-0.4, -0.2) is 108 Å². The number of nitrogen functional groups attached to an aromatic ring is 2. The summed E-state index contributed by atoms with van der Waals surface area (Å²) in [5.74, 6) is -0.250. The summed E-state index contributed by atoms with van der Waals surface area (Å²) in [4.78, 5) is 74.7. The Hall–Kier alpha value is -3.54. The Bertz CT molecular complexity index is 2030. The van der Waals surface area contributed by atoms with Crippen LogP contribution in [-0.2, 0) is 40.8 Å². The third-order valence-corrected chi connectivity index (χ3v) is 11.6. The Morgan fingerprint density at radius 1 is 1.00 bits per heavy atom. The van der Waals surface area contributed by atoms with Crippen LogP contribution in [0.3, 0.4) is 0 Å². The number of likely N-dealkylation sites (N-methyl/N-ethyl adjacent to an activating group) is 1. The number of anilines is 4. The minimum Gasteiger partial charge on any atom is -0.381 e. The smallest absolute Gasteiger partial charge is 0.381 e.